The molecule has 7 heterocycles. The van der Waals surface area contributed by atoms with E-state index in [0.717, 1.165) is 47.8 Å². The summed E-state index contributed by atoms with van der Waals surface area (Å²) >= 11 is 0. The molecule has 14 heteroatoms. The van der Waals surface area contributed by atoms with Gasteiger partial charge in [-0.3, -0.25) is 34.2 Å². The van der Waals surface area contributed by atoms with Gasteiger partial charge in [0.05, 0.1) is 16.8 Å². The van der Waals surface area contributed by atoms with E-state index >= 15 is 0 Å². The van der Waals surface area contributed by atoms with Crippen LogP contribution >= 0.6 is 0 Å². The second kappa shape index (κ2) is 11.2. The lowest BCUT2D eigenvalue weighted by atomic mass is 9.72. The third-order valence-electron chi connectivity index (χ3n) is 10.9. The van der Waals surface area contributed by atoms with E-state index in [0.29, 0.717) is 43.0 Å². The molecule has 0 radical (unpaired) electrons. The lowest BCUT2D eigenvalue weighted by molar-refractivity contribution is -0.137. The average Bonchev–Trinajstić information content (AvgIpc) is 3.56. The molecule has 50 heavy (non-hydrogen) atoms. The van der Waals surface area contributed by atoms with Gasteiger partial charge in [-0.15, -0.1) is 10.2 Å². The highest BCUT2D eigenvalue weighted by atomic mass is 16.3. The van der Waals surface area contributed by atoms with Crippen LogP contribution in [0.4, 0.5) is 5.69 Å². The van der Waals surface area contributed by atoms with Gasteiger partial charge >= 0.3 is 0 Å². The summed E-state index contributed by atoms with van der Waals surface area (Å²) in [6.07, 6.45) is 0.685. The molecule has 1 atom stereocenters. The van der Waals surface area contributed by atoms with Gasteiger partial charge in [0, 0.05) is 92.3 Å². The van der Waals surface area contributed by atoms with Gasteiger partial charge in [0.2, 0.25) is 17.7 Å². The van der Waals surface area contributed by atoms with Gasteiger partial charge in [-0.1, -0.05) is 12.1 Å². The topological polar surface area (TPSA) is 172 Å². The van der Waals surface area contributed by atoms with Gasteiger partial charge in [0.15, 0.2) is 5.65 Å². The number of anilines is 1. The molecule has 1 spiro atoms. The van der Waals surface area contributed by atoms with Crippen LogP contribution in [-0.4, -0.2) is 116 Å². The number of aromatic hydroxyl groups is 1. The number of likely N-dealkylation sites (tertiary alicyclic amines) is 2. The van der Waals surface area contributed by atoms with Gasteiger partial charge in [0.25, 0.3) is 11.8 Å². The molecular formula is C36H34N8O6. The second-order valence-corrected chi connectivity index (χ2v) is 14.3. The number of piperidine rings is 1. The molecule has 14 nitrogen and oxygen atoms in total. The monoisotopic (exact) mass is 674 g/mol. The Hall–Kier alpha value is -5.63. The number of imide groups is 2. The van der Waals surface area contributed by atoms with Gasteiger partial charge in [-0.2, -0.15) is 0 Å². The van der Waals surface area contributed by atoms with Gasteiger partial charge in [0.1, 0.15) is 11.8 Å². The summed E-state index contributed by atoms with van der Waals surface area (Å²) in [4.78, 5) is 73.9. The highest BCUT2D eigenvalue weighted by Crippen LogP contribution is 2.43. The van der Waals surface area contributed by atoms with Crippen molar-refractivity contribution in [1.29, 1.82) is 0 Å². The van der Waals surface area contributed by atoms with E-state index in [1.807, 2.05) is 23.1 Å². The number of phenolic OH excluding ortho intramolecular Hbond substituents is 1. The number of phenols is 1. The summed E-state index contributed by atoms with van der Waals surface area (Å²) < 4.78 is 0. The average molecular weight is 675 g/mol. The number of amides is 5. The smallest absolute Gasteiger partial charge is 0.262 e. The zero-order valence-corrected chi connectivity index (χ0v) is 27.1. The van der Waals surface area contributed by atoms with Gasteiger partial charge in [-0.25, -0.2) is 0 Å². The maximum atomic E-state index is 13.2. The predicted octanol–water partition coefficient (Wildman–Crippen LogP) is 1.87. The number of hydrogen-bond donors (Lipinski definition) is 3. The summed E-state index contributed by atoms with van der Waals surface area (Å²) in [5.41, 5.74) is 4.52. The molecule has 0 bridgehead atoms. The number of carbonyl (C=O) groups is 5. The number of benzene rings is 2. The number of aromatic nitrogens is 3. The van der Waals surface area contributed by atoms with Crippen molar-refractivity contribution in [1.82, 2.24) is 35.2 Å². The van der Waals surface area contributed by atoms with Crippen molar-refractivity contribution in [3.63, 3.8) is 0 Å². The first-order valence-corrected chi connectivity index (χ1v) is 16.9. The summed E-state index contributed by atoms with van der Waals surface area (Å²) in [5, 5.41) is 21.9. The zero-order valence-electron chi connectivity index (χ0n) is 27.1. The number of fused-ring (bicyclic) bond motifs is 2. The predicted molar refractivity (Wildman–Crippen MR) is 179 cm³/mol. The Kier molecular flexibility index (Phi) is 6.82. The van der Waals surface area contributed by atoms with E-state index in [-0.39, 0.29) is 47.0 Å². The maximum Gasteiger partial charge on any atom is 0.262 e. The molecule has 0 aliphatic carbocycles. The number of nitrogens with zero attached hydrogens (tertiary/aromatic N) is 6. The third kappa shape index (κ3) is 4.92. The number of H-pyrrole nitrogens is 1. The quantitative estimate of drug-likeness (QED) is 0.246. The van der Waals surface area contributed by atoms with Crippen LogP contribution in [0.5, 0.6) is 5.75 Å². The molecule has 254 valence electrons. The molecule has 3 N–H and O–H groups in total. The molecule has 4 aromatic rings. The van der Waals surface area contributed by atoms with Crippen LogP contribution in [0.25, 0.3) is 22.3 Å². The molecule has 1 unspecified atom stereocenters. The fourth-order valence-electron chi connectivity index (χ4n) is 8.15. The van der Waals surface area contributed by atoms with Crippen LogP contribution in [0, 0.1) is 5.41 Å². The van der Waals surface area contributed by atoms with Crippen molar-refractivity contribution >= 4 is 46.3 Å². The maximum absolute atomic E-state index is 13.2. The van der Waals surface area contributed by atoms with E-state index in [9.17, 15) is 29.1 Å². The fraction of sp³-hybridized carbons (Fsp3) is 0.361. The number of aromatic amines is 1. The molecule has 9 rings (SSSR count). The zero-order chi connectivity index (χ0) is 34.3. The van der Waals surface area contributed by atoms with Crippen LogP contribution in [0.3, 0.4) is 0 Å². The molecule has 5 aliphatic heterocycles. The van der Waals surface area contributed by atoms with Crippen molar-refractivity contribution in [3.8, 4) is 17.0 Å². The van der Waals surface area contributed by atoms with Crippen molar-refractivity contribution < 1.29 is 29.1 Å². The Labute approximate surface area is 286 Å². The van der Waals surface area contributed by atoms with Crippen molar-refractivity contribution in [2.45, 2.75) is 31.2 Å². The number of carbonyl (C=O) groups excluding carboxylic acids is 5. The SMILES string of the molecule is O=C1CCC(N2C(=O)c3ccc(N4CC5(CN(CCC(=O)N6CC(c7cc8cc(-c9ccccc9O)nnc8[nH]7)C6)C5)C4)cc3C2=O)C(=O)N1. The summed E-state index contributed by atoms with van der Waals surface area (Å²) in [7, 11) is 0. The van der Waals surface area contributed by atoms with Crippen LogP contribution in [0.1, 0.15) is 51.6 Å². The van der Waals surface area contributed by atoms with E-state index in [1.54, 1.807) is 30.3 Å². The summed E-state index contributed by atoms with van der Waals surface area (Å²) in [5.74, 6) is -1.50. The molecule has 0 saturated carbocycles. The van der Waals surface area contributed by atoms with Gasteiger partial charge < -0.3 is 24.8 Å². The lowest BCUT2D eigenvalue weighted by Crippen LogP contribution is -2.72. The van der Waals surface area contributed by atoms with Crippen LogP contribution in [0.2, 0.25) is 0 Å². The van der Waals surface area contributed by atoms with Crippen molar-refractivity contribution in [2.24, 2.45) is 5.41 Å². The number of para-hydroxylation sites is 1. The van der Waals surface area contributed by atoms with Gasteiger partial charge in [-0.05, 0) is 48.9 Å². The molecule has 4 saturated heterocycles. The van der Waals surface area contributed by atoms with E-state index in [4.69, 9.17) is 0 Å². The Morgan fingerprint density at radius 1 is 0.900 bits per heavy atom. The van der Waals surface area contributed by atoms with Crippen LogP contribution < -0.4 is 10.2 Å². The summed E-state index contributed by atoms with van der Waals surface area (Å²) in [6.45, 7) is 5.49. The van der Waals surface area contributed by atoms with E-state index < -0.39 is 29.7 Å². The second-order valence-electron chi connectivity index (χ2n) is 14.3. The Bertz CT molecular complexity index is 2130. The Morgan fingerprint density at radius 2 is 1.68 bits per heavy atom. The fourth-order valence-corrected chi connectivity index (χ4v) is 8.15. The Balaban J connectivity index is 0.740. The Morgan fingerprint density at radius 3 is 2.46 bits per heavy atom. The van der Waals surface area contributed by atoms with E-state index in [2.05, 4.69) is 36.4 Å². The molecular weight excluding hydrogens is 640 g/mol. The van der Waals surface area contributed by atoms with Crippen LogP contribution in [-0.2, 0) is 14.4 Å². The standard InChI is InChI=1S/C36H34N8O6/c45-29-4-2-1-3-24(29)27-12-20-11-26(37-32(20)40-39-27)21-14-42(15-21)31(47)9-10-41-16-36(17-41)18-43(19-36)22-5-6-23-25(13-22)35(50)44(34(23)49)28-7-8-30(46)38-33(28)48/h1-6,11-13,21,28,45H,7-10,14-19H2,(H,37,40)(H,38,46,48). The highest BCUT2D eigenvalue weighted by molar-refractivity contribution is 6.23. The normalized spacial score (nSPS) is 21.7. The first-order valence-electron chi connectivity index (χ1n) is 16.9. The van der Waals surface area contributed by atoms with Crippen LogP contribution in [0.15, 0.2) is 54.6 Å². The molecule has 2 aromatic carbocycles. The number of nitrogens with one attached hydrogen (secondary N) is 2. The number of hydrogen-bond acceptors (Lipinski definition) is 10. The molecule has 4 fully saturated rings. The highest BCUT2D eigenvalue weighted by Gasteiger charge is 2.52. The minimum absolute atomic E-state index is 0.0854. The molecule has 2 aromatic heterocycles. The minimum atomic E-state index is -0.979. The largest absolute Gasteiger partial charge is 0.507 e. The van der Waals surface area contributed by atoms with E-state index in [1.165, 1.54) is 0 Å². The number of rotatable bonds is 7. The first kappa shape index (κ1) is 30.4. The summed E-state index contributed by atoms with van der Waals surface area (Å²) in [6, 6.07) is 15.3. The van der Waals surface area contributed by atoms with Crippen molar-refractivity contribution in [2.75, 3.05) is 50.7 Å². The third-order valence-corrected chi connectivity index (χ3v) is 10.9. The van der Waals surface area contributed by atoms with Crippen molar-refractivity contribution in [3.05, 3.63) is 71.4 Å². The first-order chi connectivity index (χ1) is 24.1. The minimum Gasteiger partial charge on any atom is -0.507 e. The molecule has 5 aliphatic rings. The lowest BCUT2D eigenvalue weighted by Gasteiger charge is -2.61. The molecule has 5 amide bonds.